The third-order valence-electron chi connectivity index (χ3n) is 2.90. The van der Waals surface area contributed by atoms with Crippen LogP contribution in [0, 0.1) is 10.1 Å². The van der Waals surface area contributed by atoms with Gasteiger partial charge >= 0.3 is 5.69 Å². The predicted octanol–water partition coefficient (Wildman–Crippen LogP) is 2.81. The maximum Gasteiger partial charge on any atom is 0.317 e. The Labute approximate surface area is 115 Å². The SMILES string of the molecule is CC1(C)CC(c2nc(Cl)cc(N)c2[N+](=O)[O-])=CCO1. The van der Waals surface area contributed by atoms with Gasteiger partial charge in [-0.1, -0.05) is 17.7 Å². The minimum Gasteiger partial charge on any atom is -0.393 e. The predicted molar refractivity (Wildman–Crippen MR) is 72.9 cm³/mol. The van der Waals surface area contributed by atoms with Crippen LogP contribution in [-0.2, 0) is 4.74 Å². The average Bonchev–Trinajstić information content (AvgIpc) is 2.25. The largest absolute Gasteiger partial charge is 0.393 e. The van der Waals surface area contributed by atoms with Crippen LogP contribution in [0.1, 0.15) is 26.0 Å². The number of aromatic nitrogens is 1. The zero-order chi connectivity index (χ0) is 14.2. The van der Waals surface area contributed by atoms with Crippen LogP contribution in [0.4, 0.5) is 11.4 Å². The molecule has 1 aromatic heterocycles. The molecule has 0 unspecified atom stereocenters. The molecular weight excluding hydrogens is 270 g/mol. The molecule has 102 valence electrons. The molecule has 0 radical (unpaired) electrons. The Morgan fingerprint density at radius 2 is 2.26 bits per heavy atom. The number of hydrogen-bond donors (Lipinski definition) is 1. The highest BCUT2D eigenvalue weighted by Crippen LogP contribution is 2.37. The number of hydrogen-bond acceptors (Lipinski definition) is 5. The Morgan fingerprint density at radius 3 is 2.84 bits per heavy atom. The normalized spacial score (nSPS) is 17.9. The molecule has 0 aromatic carbocycles. The van der Waals surface area contributed by atoms with Crippen molar-refractivity contribution >= 4 is 28.5 Å². The molecule has 6 nitrogen and oxygen atoms in total. The minimum absolute atomic E-state index is 0.0187. The smallest absolute Gasteiger partial charge is 0.317 e. The number of rotatable bonds is 2. The summed E-state index contributed by atoms with van der Waals surface area (Å²) in [6.45, 7) is 4.22. The zero-order valence-corrected chi connectivity index (χ0v) is 11.4. The topological polar surface area (TPSA) is 91.3 Å². The van der Waals surface area contributed by atoms with Gasteiger partial charge in [0.25, 0.3) is 0 Å². The van der Waals surface area contributed by atoms with Gasteiger partial charge in [-0.15, -0.1) is 0 Å². The van der Waals surface area contributed by atoms with Gasteiger partial charge in [-0.2, -0.15) is 0 Å². The second-order valence-corrected chi connectivity index (χ2v) is 5.35. The summed E-state index contributed by atoms with van der Waals surface area (Å²) in [4.78, 5) is 14.7. The van der Waals surface area contributed by atoms with Crippen molar-refractivity contribution in [1.82, 2.24) is 4.98 Å². The van der Waals surface area contributed by atoms with Crippen LogP contribution in [0.25, 0.3) is 5.57 Å². The second kappa shape index (κ2) is 4.79. The highest BCUT2D eigenvalue weighted by molar-refractivity contribution is 6.29. The Balaban J connectivity index is 2.56. The Hall–Kier alpha value is -1.66. The Kier molecular flexibility index (Phi) is 3.47. The standard InChI is InChI=1S/C12H14ClN3O3/c1-12(2)6-7(3-4-19-12)10-11(16(17)18)8(14)5-9(13)15-10/h3,5H,4,6H2,1-2H3,(H2,14,15). The average molecular weight is 284 g/mol. The van der Waals surface area contributed by atoms with Crippen molar-refractivity contribution in [1.29, 1.82) is 0 Å². The van der Waals surface area contributed by atoms with Gasteiger partial charge in [0, 0.05) is 12.5 Å². The van der Waals surface area contributed by atoms with Crippen molar-refractivity contribution in [3.05, 3.63) is 33.1 Å². The maximum absolute atomic E-state index is 11.1. The summed E-state index contributed by atoms with van der Waals surface area (Å²) in [5, 5.41) is 11.3. The fraction of sp³-hybridized carbons (Fsp3) is 0.417. The van der Waals surface area contributed by atoms with Crippen molar-refractivity contribution in [3.8, 4) is 0 Å². The van der Waals surface area contributed by atoms with Gasteiger partial charge in [0.05, 0.1) is 17.1 Å². The van der Waals surface area contributed by atoms with Crippen molar-refractivity contribution < 1.29 is 9.66 Å². The molecule has 1 aliphatic heterocycles. The lowest BCUT2D eigenvalue weighted by molar-refractivity contribution is -0.384. The Bertz CT molecular complexity index is 570. The highest BCUT2D eigenvalue weighted by atomic mass is 35.5. The van der Waals surface area contributed by atoms with Crippen molar-refractivity contribution in [3.63, 3.8) is 0 Å². The molecule has 0 spiro atoms. The molecule has 0 atom stereocenters. The lowest BCUT2D eigenvalue weighted by Gasteiger charge is -2.29. The lowest BCUT2D eigenvalue weighted by atomic mass is 9.92. The lowest BCUT2D eigenvalue weighted by Crippen LogP contribution is -2.28. The van der Waals surface area contributed by atoms with Gasteiger partial charge < -0.3 is 10.5 Å². The zero-order valence-electron chi connectivity index (χ0n) is 10.6. The van der Waals surface area contributed by atoms with Crippen molar-refractivity contribution in [2.75, 3.05) is 12.3 Å². The molecule has 7 heteroatoms. The van der Waals surface area contributed by atoms with Crippen LogP contribution in [0.2, 0.25) is 5.15 Å². The molecular formula is C12H14ClN3O3. The van der Waals surface area contributed by atoms with Gasteiger partial charge in [0.2, 0.25) is 0 Å². The second-order valence-electron chi connectivity index (χ2n) is 4.97. The van der Waals surface area contributed by atoms with Crippen LogP contribution in [0.15, 0.2) is 12.1 Å². The van der Waals surface area contributed by atoms with E-state index in [1.807, 2.05) is 13.8 Å². The molecule has 2 heterocycles. The quantitative estimate of drug-likeness (QED) is 0.512. The fourth-order valence-electron chi connectivity index (χ4n) is 2.07. The van der Waals surface area contributed by atoms with Crippen LogP contribution in [-0.4, -0.2) is 22.1 Å². The summed E-state index contributed by atoms with van der Waals surface area (Å²) < 4.78 is 5.54. The van der Waals surface area contributed by atoms with E-state index in [4.69, 9.17) is 22.1 Å². The summed E-state index contributed by atoms with van der Waals surface area (Å²) in [7, 11) is 0. The number of nitrogens with two attached hydrogens (primary N) is 1. The number of anilines is 1. The van der Waals surface area contributed by atoms with E-state index in [-0.39, 0.29) is 22.2 Å². The van der Waals surface area contributed by atoms with Crippen molar-refractivity contribution in [2.24, 2.45) is 0 Å². The van der Waals surface area contributed by atoms with Gasteiger partial charge in [-0.3, -0.25) is 10.1 Å². The number of nitrogens with zero attached hydrogens (tertiary/aromatic N) is 2. The highest BCUT2D eigenvalue weighted by Gasteiger charge is 2.30. The molecule has 0 fully saturated rings. The Morgan fingerprint density at radius 1 is 1.58 bits per heavy atom. The van der Waals surface area contributed by atoms with E-state index in [1.165, 1.54) is 6.07 Å². The molecule has 2 N–H and O–H groups in total. The molecule has 0 saturated carbocycles. The van der Waals surface area contributed by atoms with E-state index in [0.29, 0.717) is 13.0 Å². The first-order valence-electron chi connectivity index (χ1n) is 5.74. The molecule has 1 aliphatic rings. The molecule has 19 heavy (non-hydrogen) atoms. The van der Waals surface area contributed by atoms with Crippen LogP contribution in [0.5, 0.6) is 0 Å². The third-order valence-corrected chi connectivity index (χ3v) is 3.09. The van der Waals surface area contributed by atoms with E-state index in [0.717, 1.165) is 5.57 Å². The van der Waals surface area contributed by atoms with Gasteiger partial charge in [-0.05, 0) is 19.4 Å². The van der Waals surface area contributed by atoms with E-state index >= 15 is 0 Å². The third kappa shape index (κ3) is 2.85. The fourth-order valence-corrected chi connectivity index (χ4v) is 2.27. The number of nitrogen functional groups attached to an aromatic ring is 1. The van der Waals surface area contributed by atoms with Crippen molar-refractivity contribution in [2.45, 2.75) is 25.9 Å². The summed E-state index contributed by atoms with van der Waals surface area (Å²) in [5.74, 6) is 0. The van der Waals surface area contributed by atoms with Gasteiger partial charge in [0.1, 0.15) is 16.5 Å². The minimum atomic E-state index is -0.530. The molecule has 0 amide bonds. The first-order chi connectivity index (χ1) is 8.80. The molecule has 0 aliphatic carbocycles. The summed E-state index contributed by atoms with van der Waals surface area (Å²) in [6.07, 6.45) is 2.29. The summed E-state index contributed by atoms with van der Waals surface area (Å²) in [6, 6.07) is 1.29. The number of pyridine rings is 1. The summed E-state index contributed by atoms with van der Waals surface area (Å²) in [5.41, 5.74) is 6.06. The first-order valence-corrected chi connectivity index (χ1v) is 6.12. The molecule has 2 rings (SSSR count). The van der Waals surface area contributed by atoms with Gasteiger partial charge in [0.15, 0.2) is 0 Å². The van der Waals surface area contributed by atoms with Crippen LogP contribution >= 0.6 is 11.6 Å². The number of nitro groups is 1. The van der Waals surface area contributed by atoms with E-state index in [2.05, 4.69) is 4.98 Å². The molecule has 0 saturated heterocycles. The number of ether oxygens (including phenoxy) is 1. The van der Waals surface area contributed by atoms with E-state index in [1.54, 1.807) is 6.08 Å². The van der Waals surface area contributed by atoms with E-state index < -0.39 is 10.5 Å². The van der Waals surface area contributed by atoms with Gasteiger partial charge in [-0.25, -0.2) is 4.98 Å². The number of halogens is 1. The molecule has 0 bridgehead atoms. The first kappa shape index (κ1) is 13.8. The van der Waals surface area contributed by atoms with Crippen LogP contribution < -0.4 is 5.73 Å². The summed E-state index contributed by atoms with van der Waals surface area (Å²) >= 11 is 5.84. The molecule has 1 aromatic rings. The van der Waals surface area contributed by atoms with Crippen LogP contribution in [0.3, 0.4) is 0 Å². The monoisotopic (exact) mass is 283 g/mol. The van der Waals surface area contributed by atoms with E-state index in [9.17, 15) is 10.1 Å². The maximum atomic E-state index is 11.1.